The molecule has 2 heterocycles. The van der Waals surface area contributed by atoms with Gasteiger partial charge in [0.25, 0.3) is 5.91 Å². The summed E-state index contributed by atoms with van der Waals surface area (Å²) in [5, 5.41) is 18.9. The number of nitrogens with zero attached hydrogens (tertiary/aromatic N) is 2. The summed E-state index contributed by atoms with van der Waals surface area (Å²) < 4.78 is 0. The van der Waals surface area contributed by atoms with Crippen LogP contribution < -0.4 is 0 Å². The van der Waals surface area contributed by atoms with Crippen LogP contribution in [0.15, 0.2) is 18.5 Å². The number of amides is 1. The standard InChI is InChI=1S/C15H18N2O4/c18-11-5-10(7-16-8-11)14(19)17-12-4-2-1-3-9(12)6-13(17)15(20)21/h5,7-9,12-13,18H,1-4,6H2,(H,20,21). The Morgan fingerprint density at radius 1 is 1.24 bits per heavy atom. The molecule has 1 aromatic heterocycles. The Kier molecular flexibility index (Phi) is 3.53. The second-order valence-electron chi connectivity index (χ2n) is 5.85. The lowest BCUT2D eigenvalue weighted by atomic mass is 9.84. The van der Waals surface area contributed by atoms with Crippen LogP contribution in [0.25, 0.3) is 0 Å². The van der Waals surface area contributed by atoms with Crippen molar-refractivity contribution in [3.05, 3.63) is 24.0 Å². The molecule has 2 fully saturated rings. The predicted octanol–water partition coefficient (Wildman–Crippen LogP) is 1.65. The molecule has 112 valence electrons. The van der Waals surface area contributed by atoms with Crippen LogP contribution in [0.5, 0.6) is 5.75 Å². The van der Waals surface area contributed by atoms with Crippen molar-refractivity contribution in [2.45, 2.75) is 44.2 Å². The number of carboxylic acids is 1. The van der Waals surface area contributed by atoms with E-state index in [0.717, 1.165) is 25.7 Å². The molecule has 1 aromatic rings. The molecule has 1 saturated carbocycles. The van der Waals surface area contributed by atoms with Crippen LogP contribution in [0.1, 0.15) is 42.5 Å². The normalized spacial score (nSPS) is 28.2. The summed E-state index contributed by atoms with van der Waals surface area (Å²) in [5.74, 6) is -1.12. The topological polar surface area (TPSA) is 90.7 Å². The first-order valence-corrected chi connectivity index (χ1v) is 7.27. The minimum Gasteiger partial charge on any atom is -0.506 e. The van der Waals surface area contributed by atoms with Gasteiger partial charge in [-0.2, -0.15) is 0 Å². The van der Waals surface area contributed by atoms with Gasteiger partial charge < -0.3 is 15.1 Å². The number of aromatic hydroxyl groups is 1. The molecule has 21 heavy (non-hydrogen) atoms. The number of aliphatic carboxylic acids is 1. The van der Waals surface area contributed by atoms with Crippen LogP contribution in [0.3, 0.4) is 0 Å². The minimum atomic E-state index is -0.953. The Hall–Kier alpha value is -2.11. The summed E-state index contributed by atoms with van der Waals surface area (Å²) >= 11 is 0. The molecule has 0 aromatic carbocycles. The third-order valence-electron chi connectivity index (χ3n) is 4.58. The van der Waals surface area contributed by atoms with E-state index in [1.165, 1.54) is 23.4 Å². The molecule has 3 unspecified atom stereocenters. The number of fused-ring (bicyclic) bond motifs is 1. The Morgan fingerprint density at radius 2 is 2.00 bits per heavy atom. The van der Waals surface area contributed by atoms with E-state index in [9.17, 15) is 19.8 Å². The molecule has 3 rings (SSSR count). The van der Waals surface area contributed by atoms with Gasteiger partial charge in [0.1, 0.15) is 11.8 Å². The molecule has 2 N–H and O–H groups in total. The Labute approximate surface area is 122 Å². The zero-order chi connectivity index (χ0) is 15.0. The maximum Gasteiger partial charge on any atom is 0.326 e. The second-order valence-corrected chi connectivity index (χ2v) is 5.85. The van der Waals surface area contributed by atoms with Gasteiger partial charge in [0.15, 0.2) is 0 Å². The molecular weight excluding hydrogens is 272 g/mol. The number of hydrogen-bond donors (Lipinski definition) is 2. The van der Waals surface area contributed by atoms with Gasteiger partial charge in [-0.3, -0.25) is 9.78 Å². The Bertz CT molecular complexity index is 575. The average Bonchev–Trinajstić information content (AvgIpc) is 2.86. The van der Waals surface area contributed by atoms with Crippen LogP contribution in [-0.2, 0) is 4.79 Å². The average molecular weight is 290 g/mol. The lowest BCUT2D eigenvalue weighted by molar-refractivity contribution is -0.141. The quantitative estimate of drug-likeness (QED) is 0.864. The van der Waals surface area contributed by atoms with Crippen molar-refractivity contribution in [2.24, 2.45) is 5.92 Å². The summed E-state index contributed by atoms with van der Waals surface area (Å²) in [6.45, 7) is 0. The first kappa shape index (κ1) is 13.9. The number of carbonyl (C=O) groups excluding carboxylic acids is 1. The first-order valence-electron chi connectivity index (χ1n) is 7.27. The fourth-order valence-corrected chi connectivity index (χ4v) is 3.67. The second kappa shape index (κ2) is 5.35. The van der Waals surface area contributed by atoms with Gasteiger partial charge in [0.2, 0.25) is 0 Å². The molecule has 1 aliphatic heterocycles. The van der Waals surface area contributed by atoms with E-state index in [1.54, 1.807) is 0 Å². The third kappa shape index (κ3) is 2.46. The Balaban J connectivity index is 1.92. The van der Waals surface area contributed by atoms with E-state index in [2.05, 4.69) is 4.98 Å². The van der Waals surface area contributed by atoms with E-state index in [-0.39, 0.29) is 29.2 Å². The van der Waals surface area contributed by atoms with Gasteiger partial charge in [-0.15, -0.1) is 0 Å². The number of carboxylic acid groups (broad SMARTS) is 1. The van der Waals surface area contributed by atoms with E-state index in [4.69, 9.17) is 0 Å². The maximum atomic E-state index is 12.7. The monoisotopic (exact) mass is 290 g/mol. The number of rotatable bonds is 2. The lowest BCUT2D eigenvalue weighted by Gasteiger charge is -2.33. The molecule has 0 radical (unpaired) electrons. The van der Waals surface area contributed by atoms with E-state index in [1.807, 2.05) is 0 Å². The van der Waals surface area contributed by atoms with Crippen molar-refractivity contribution in [1.29, 1.82) is 0 Å². The van der Waals surface area contributed by atoms with Crippen LogP contribution >= 0.6 is 0 Å². The first-order chi connectivity index (χ1) is 10.1. The number of carbonyl (C=O) groups is 2. The van der Waals surface area contributed by atoms with Gasteiger partial charge >= 0.3 is 5.97 Å². The van der Waals surface area contributed by atoms with Crippen molar-refractivity contribution in [3.8, 4) is 5.75 Å². The smallest absolute Gasteiger partial charge is 0.326 e. The summed E-state index contributed by atoms with van der Waals surface area (Å²) in [7, 11) is 0. The Morgan fingerprint density at radius 3 is 2.71 bits per heavy atom. The van der Waals surface area contributed by atoms with Crippen LogP contribution in [0, 0.1) is 5.92 Å². The fourth-order valence-electron chi connectivity index (χ4n) is 3.67. The maximum absolute atomic E-state index is 12.7. The molecular formula is C15H18N2O4. The van der Waals surface area contributed by atoms with Crippen molar-refractivity contribution >= 4 is 11.9 Å². The molecule has 6 nitrogen and oxygen atoms in total. The van der Waals surface area contributed by atoms with Gasteiger partial charge in [-0.05, 0) is 31.2 Å². The highest BCUT2D eigenvalue weighted by Gasteiger charge is 2.47. The van der Waals surface area contributed by atoms with Crippen molar-refractivity contribution in [1.82, 2.24) is 9.88 Å². The largest absolute Gasteiger partial charge is 0.506 e. The number of aromatic nitrogens is 1. The fraction of sp³-hybridized carbons (Fsp3) is 0.533. The number of hydrogen-bond acceptors (Lipinski definition) is 4. The highest BCUT2D eigenvalue weighted by molar-refractivity contribution is 5.97. The molecule has 1 saturated heterocycles. The highest BCUT2D eigenvalue weighted by Crippen LogP contribution is 2.40. The molecule has 1 amide bonds. The van der Waals surface area contributed by atoms with Crippen LogP contribution in [0.4, 0.5) is 0 Å². The number of likely N-dealkylation sites (tertiary alicyclic amines) is 1. The van der Waals surface area contributed by atoms with E-state index >= 15 is 0 Å². The molecule has 0 bridgehead atoms. The SMILES string of the molecule is O=C(O)C1CC2CCCCC2N1C(=O)c1cncc(O)c1. The summed E-state index contributed by atoms with van der Waals surface area (Å²) in [4.78, 5) is 29.5. The van der Waals surface area contributed by atoms with E-state index in [0.29, 0.717) is 6.42 Å². The molecule has 3 atom stereocenters. The van der Waals surface area contributed by atoms with Crippen molar-refractivity contribution in [3.63, 3.8) is 0 Å². The van der Waals surface area contributed by atoms with Gasteiger partial charge in [0.05, 0.1) is 11.8 Å². The minimum absolute atomic E-state index is 0.00491. The van der Waals surface area contributed by atoms with Crippen LogP contribution in [-0.4, -0.2) is 44.1 Å². The van der Waals surface area contributed by atoms with Crippen molar-refractivity contribution < 1.29 is 19.8 Å². The van der Waals surface area contributed by atoms with Gasteiger partial charge in [-0.1, -0.05) is 12.8 Å². The molecule has 1 aliphatic carbocycles. The van der Waals surface area contributed by atoms with Gasteiger partial charge in [0, 0.05) is 12.2 Å². The van der Waals surface area contributed by atoms with Crippen LogP contribution in [0.2, 0.25) is 0 Å². The zero-order valence-corrected chi connectivity index (χ0v) is 11.6. The molecule has 6 heteroatoms. The molecule has 0 spiro atoms. The highest BCUT2D eigenvalue weighted by atomic mass is 16.4. The van der Waals surface area contributed by atoms with Crippen molar-refractivity contribution in [2.75, 3.05) is 0 Å². The van der Waals surface area contributed by atoms with Gasteiger partial charge in [-0.25, -0.2) is 4.79 Å². The summed E-state index contributed by atoms with van der Waals surface area (Å²) in [5.41, 5.74) is 0.243. The third-order valence-corrected chi connectivity index (χ3v) is 4.58. The summed E-state index contributed by atoms with van der Waals surface area (Å²) in [6.07, 6.45) is 7.11. The lowest BCUT2D eigenvalue weighted by Crippen LogP contribution is -2.46. The van der Waals surface area contributed by atoms with E-state index < -0.39 is 12.0 Å². The number of pyridine rings is 1. The molecule has 2 aliphatic rings. The summed E-state index contributed by atoms with van der Waals surface area (Å²) in [6, 6.07) is 0.562. The zero-order valence-electron chi connectivity index (χ0n) is 11.6. The predicted molar refractivity (Wildman–Crippen MR) is 73.9 cm³/mol.